The van der Waals surface area contributed by atoms with E-state index >= 15 is 0 Å². The SMILES string of the molecule is COC(=O)c1ccc(NC(=O)/C(C#N)=C/c2ccc(I)cc2)cc1. The molecule has 0 saturated heterocycles. The normalized spacial score (nSPS) is 10.6. The first-order valence-corrected chi connectivity index (χ1v) is 7.98. The number of methoxy groups -OCH3 is 1. The predicted octanol–water partition coefficient (Wildman–Crippen LogP) is 3.62. The van der Waals surface area contributed by atoms with Gasteiger partial charge in [0.05, 0.1) is 12.7 Å². The third-order valence-electron chi connectivity index (χ3n) is 3.11. The molecule has 2 rings (SSSR count). The van der Waals surface area contributed by atoms with Gasteiger partial charge >= 0.3 is 5.97 Å². The minimum absolute atomic E-state index is 0.00625. The Morgan fingerprint density at radius 1 is 1.12 bits per heavy atom. The monoisotopic (exact) mass is 432 g/mol. The molecular formula is C18H13IN2O3. The zero-order chi connectivity index (χ0) is 17.5. The Bertz CT molecular complexity index is 819. The molecule has 2 aromatic rings. The summed E-state index contributed by atoms with van der Waals surface area (Å²) in [5.74, 6) is -0.967. The molecule has 5 nitrogen and oxygen atoms in total. The molecule has 6 heteroatoms. The maximum absolute atomic E-state index is 12.2. The number of ether oxygens (including phenoxy) is 1. The van der Waals surface area contributed by atoms with Crippen molar-refractivity contribution in [2.75, 3.05) is 12.4 Å². The van der Waals surface area contributed by atoms with Crippen LogP contribution in [0, 0.1) is 14.9 Å². The highest BCUT2D eigenvalue weighted by Gasteiger charge is 2.10. The van der Waals surface area contributed by atoms with Crippen LogP contribution in [0.15, 0.2) is 54.1 Å². The van der Waals surface area contributed by atoms with Gasteiger partial charge < -0.3 is 10.1 Å². The Morgan fingerprint density at radius 3 is 2.29 bits per heavy atom. The summed E-state index contributed by atoms with van der Waals surface area (Å²) in [5, 5.41) is 11.8. The van der Waals surface area contributed by atoms with Crippen molar-refractivity contribution in [1.29, 1.82) is 5.26 Å². The number of rotatable bonds is 4. The predicted molar refractivity (Wildman–Crippen MR) is 99.2 cm³/mol. The number of anilines is 1. The van der Waals surface area contributed by atoms with Gasteiger partial charge in [-0.2, -0.15) is 5.26 Å². The van der Waals surface area contributed by atoms with Gasteiger partial charge in [-0.15, -0.1) is 0 Å². The van der Waals surface area contributed by atoms with Gasteiger partial charge in [0.15, 0.2) is 0 Å². The molecule has 1 N–H and O–H groups in total. The fraction of sp³-hybridized carbons (Fsp3) is 0.0556. The first kappa shape index (κ1) is 17.7. The lowest BCUT2D eigenvalue weighted by molar-refractivity contribution is -0.112. The summed E-state index contributed by atoms with van der Waals surface area (Å²) in [6.07, 6.45) is 1.52. The summed E-state index contributed by atoms with van der Waals surface area (Å²) in [6, 6.07) is 15.6. The first-order chi connectivity index (χ1) is 11.5. The number of nitrogens with zero attached hydrogens (tertiary/aromatic N) is 1. The average Bonchev–Trinajstić information content (AvgIpc) is 2.61. The van der Waals surface area contributed by atoms with E-state index in [1.165, 1.54) is 25.3 Å². The number of esters is 1. The summed E-state index contributed by atoms with van der Waals surface area (Å²) in [5.41, 5.74) is 1.62. The summed E-state index contributed by atoms with van der Waals surface area (Å²) >= 11 is 2.18. The third-order valence-corrected chi connectivity index (χ3v) is 3.83. The van der Waals surface area contributed by atoms with Crippen LogP contribution >= 0.6 is 22.6 Å². The van der Waals surface area contributed by atoms with Crippen molar-refractivity contribution in [3.8, 4) is 6.07 Å². The van der Waals surface area contributed by atoms with Gasteiger partial charge in [-0.3, -0.25) is 4.79 Å². The largest absolute Gasteiger partial charge is 0.465 e. The number of hydrogen-bond acceptors (Lipinski definition) is 4. The van der Waals surface area contributed by atoms with E-state index in [-0.39, 0.29) is 5.57 Å². The Labute approximate surface area is 153 Å². The van der Waals surface area contributed by atoms with E-state index in [4.69, 9.17) is 0 Å². The minimum Gasteiger partial charge on any atom is -0.465 e. The Morgan fingerprint density at radius 2 is 1.75 bits per heavy atom. The standard InChI is InChI=1S/C18H13IN2O3/c1-24-18(23)13-4-8-16(9-5-13)21-17(22)14(11-20)10-12-2-6-15(19)7-3-12/h2-10H,1H3,(H,21,22)/b14-10+. The van der Waals surface area contributed by atoms with Gasteiger partial charge in [-0.05, 0) is 70.6 Å². The lowest BCUT2D eigenvalue weighted by atomic mass is 10.1. The Balaban J connectivity index is 2.13. The van der Waals surface area contributed by atoms with Gasteiger partial charge in [-0.25, -0.2) is 4.79 Å². The lowest BCUT2D eigenvalue weighted by Crippen LogP contribution is -2.13. The van der Waals surface area contributed by atoms with E-state index in [1.54, 1.807) is 12.1 Å². The molecule has 2 aromatic carbocycles. The second-order valence-electron chi connectivity index (χ2n) is 4.74. The van der Waals surface area contributed by atoms with Crippen LogP contribution in [0.1, 0.15) is 15.9 Å². The van der Waals surface area contributed by atoms with Crippen LogP contribution in [0.5, 0.6) is 0 Å². The number of hydrogen-bond donors (Lipinski definition) is 1. The Hall–Kier alpha value is -2.66. The first-order valence-electron chi connectivity index (χ1n) is 6.90. The average molecular weight is 432 g/mol. The van der Waals surface area contributed by atoms with Gasteiger partial charge in [0.2, 0.25) is 0 Å². The van der Waals surface area contributed by atoms with Crippen molar-refractivity contribution in [1.82, 2.24) is 0 Å². The fourth-order valence-corrected chi connectivity index (χ4v) is 2.24. The van der Waals surface area contributed by atoms with Crippen molar-refractivity contribution < 1.29 is 14.3 Å². The van der Waals surface area contributed by atoms with Crippen molar-refractivity contribution in [2.45, 2.75) is 0 Å². The minimum atomic E-state index is -0.512. The molecule has 0 atom stereocenters. The van der Waals surface area contributed by atoms with Gasteiger partial charge in [-0.1, -0.05) is 12.1 Å². The highest BCUT2D eigenvalue weighted by Crippen LogP contribution is 2.14. The van der Waals surface area contributed by atoms with Crippen molar-refractivity contribution in [3.05, 3.63) is 68.8 Å². The van der Waals surface area contributed by atoms with E-state index in [2.05, 4.69) is 32.6 Å². The molecule has 0 bridgehead atoms. The number of carbonyl (C=O) groups excluding carboxylic acids is 2. The highest BCUT2D eigenvalue weighted by molar-refractivity contribution is 14.1. The molecule has 0 saturated carbocycles. The zero-order valence-corrected chi connectivity index (χ0v) is 14.9. The van der Waals surface area contributed by atoms with Crippen LogP contribution < -0.4 is 5.32 Å². The summed E-state index contributed by atoms with van der Waals surface area (Å²) in [4.78, 5) is 23.6. The van der Waals surface area contributed by atoms with E-state index < -0.39 is 11.9 Å². The van der Waals surface area contributed by atoms with E-state index in [0.717, 1.165) is 9.13 Å². The molecule has 0 aromatic heterocycles. The number of nitriles is 1. The number of nitrogens with one attached hydrogen (secondary N) is 1. The molecular weight excluding hydrogens is 419 g/mol. The summed E-state index contributed by atoms with van der Waals surface area (Å²) in [6.45, 7) is 0. The number of benzene rings is 2. The molecule has 0 aliphatic rings. The smallest absolute Gasteiger partial charge is 0.337 e. The lowest BCUT2D eigenvalue weighted by Gasteiger charge is -2.05. The zero-order valence-electron chi connectivity index (χ0n) is 12.7. The molecule has 0 heterocycles. The molecule has 0 spiro atoms. The molecule has 1 amide bonds. The topological polar surface area (TPSA) is 79.2 Å². The van der Waals surface area contributed by atoms with Crippen LogP contribution in [0.3, 0.4) is 0 Å². The summed E-state index contributed by atoms with van der Waals surface area (Å²) in [7, 11) is 1.30. The second-order valence-corrected chi connectivity index (χ2v) is 5.99. The van der Waals surface area contributed by atoms with Crippen LogP contribution in [-0.2, 0) is 9.53 Å². The van der Waals surface area contributed by atoms with Crippen molar-refractivity contribution in [2.24, 2.45) is 0 Å². The van der Waals surface area contributed by atoms with E-state index in [1.807, 2.05) is 30.3 Å². The molecule has 0 aliphatic carbocycles. The molecule has 120 valence electrons. The van der Waals surface area contributed by atoms with Crippen LogP contribution in [0.25, 0.3) is 6.08 Å². The molecule has 0 fully saturated rings. The van der Waals surface area contributed by atoms with Gasteiger partial charge in [0, 0.05) is 9.26 Å². The third kappa shape index (κ3) is 4.67. The fourth-order valence-electron chi connectivity index (χ4n) is 1.88. The maximum atomic E-state index is 12.2. The Kier molecular flexibility index (Phi) is 6.09. The van der Waals surface area contributed by atoms with E-state index in [9.17, 15) is 14.9 Å². The van der Waals surface area contributed by atoms with Crippen molar-refractivity contribution in [3.63, 3.8) is 0 Å². The molecule has 24 heavy (non-hydrogen) atoms. The van der Waals surface area contributed by atoms with Gasteiger partial charge in [0.25, 0.3) is 5.91 Å². The quantitative estimate of drug-likeness (QED) is 0.347. The second kappa shape index (κ2) is 8.26. The van der Waals surface area contributed by atoms with Crippen molar-refractivity contribution >= 4 is 46.2 Å². The molecule has 0 unspecified atom stereocenters. The number of halogens is 1. The van der Waals surface area contributed by atoms with E-state index in [0.29, 0.717) is 11.3 Å². The van der Waals surface area contributed by atoms with Crippen LogP contribution in [0.4, 0.5) is 5.69 Å². The van der Waals surface area contributed by atoms with Gasteiger partial charge in [0.1, 0.15) is 11.6 Å². The molecule has 0 radical (unpaired) electrons. The highest BCUT2D eigenvalue weighted by atomic mass is 127. The number of amides is 1. The number of carbonyl (C=O) groups is 2. The van der Waals surface area contributed by atoms with Crippen LogP contribution in [-0.4, -0.2) is 19.0 Å². The van der Waals surface area contributed by atoms with Crippen LogP contribution in [0.2, 0.25) is 0 Å². The molecule has 0 aliphatic heterocycles. The maximum Gasteiger partial charge on any atom is 0.337 e. The summed E-state index contributed by atoms with van der Waals surface area (Å²) < 4.78 is 5.68.